The number of aromatic nitrogens is 3. The van der Waals surface area contributed by atoms with Gasteiger partial charge in [-0.1, -0.05) is 24.3 Å². The van der Waals surface area contributed by atoms with Crippen LogP contribution in [0.25, 0.3) is 22.2 Å². The van der Waals surface area contributed by atoms with Crippen LogP contribution < -0.4 is 15.8 Å². The number of carbonyl (C=O) groups is 1. The van der Waals surface area contributed by atoms with Gasteiger partial charge in [0, 0.05) is 13.2 Å². The molecule has 8 heteroatoms. The number of fused-ring (bicyclic) bond motifs is 2. The highest BCUT2D eigenvalue weighted by molar-refractivity contribution is 6.10. The molecule has 1 amide bonds. The standard InChI is InChI=1S/C24H25N5O3/c1-31-16-10-8-15(9-11-16)14-29-22(25)20(24(30)26-13-17-5-4-12-32-17)21-23(29)28-19-7-3-2-6-18(19)27-21/h2-3,6-11,17H,4-5,12-14,25H2,1H3,(H,26,30). The van der Waals surface area contributed by atoms with Gasteiger partial charge in [-0.25, -0.2) is 9.97 Å². The van der Waals surface area contributed by atoms with E-state index in [0.717, 1.165) is 41.8 Å². The number of ether oxygens (including phenoxy) is 2. The first kappa shape index (κ1) is 20.3. The summed E-state index contributed by atoms with van der Waals surface area (Å²) in [6.07, 6.45) is 2.00. The van der Waals surface area contributed by atoms with E-state index in [-0.39, 0.29) is 12.0 Å². The van der Waals surface area contributed by atoms with Crippen LogP contribution in [0.5, 0.6) is 5.75 Å². The molecule has 1 saturated heterocycles. The van der Waals surface area contributed by atoms with E-state index in [9.17, 15) is 4.79 Å². The van der Waals surface area contributed by atoms with Crippen molar-refractivity contribution in [3.63, 3.8) is 0 Å². The fourth-order valence-corrected chi connectivity index (χ4v) is 4.11. The average Bonchev–Trinajstić information content (AvgIpc) is 3.43. The third kappa shape index (κ3) is 3.73. The van der Waals surface area contributed by atoms with Gasteiger partial charge < -0.3 is 25.1 Å². The van der Waals surface area contributed by atoms with Crippen LogP contribution in [0.15, 0.2) is 48.5 Å². The lowest BCUT2D eigenvalue weighted by Crippen LogP contribution is -2.32. The van der Waals surface area contributed by atoms with Gasteiger partial charge in [-0.15, -0.1) is 0 Å². The Bertz CT molecular complexity index is 1280. The van der Waals surface area contributed by atoms with Crippen molar-refractivity contribution in [2.24, 2.45) is 0 Å². The lowest BCUT2D eigenvalue weighted by Gasteiger charge is -2.11. The normalized spacial score (nSPS) is 16.0. The number of nitrogens with one attached hydrogen (secondary N) is 1. The van der Waals surface area contributed by atoms with E-state index in [1.165, 1.54) is 0 Å². The number of carbonyl (C=O) groups excluding carboxylic acids is 1. The highest BCUT2D eigenvalue weighted by atomic mass is 16.5. The third-order valence-corrected chi connectivity index (χ3v) is 5.83. The Morgan fingerprint density at radius 3 is 2.62 bits per heavy atom. The molecule has 1 atom stereocenters. The first-order chi connectivity index (χ1) is 15.6. The van der Waals surface area contributed by atoms with Gasteiger partial charge in [0.1, 0.15) is 22.6 Å². The lowest BCUT2D eigenvalue weighted by atomic mass is 10.2. The highest BCUT2D eigenvalue weighted by Crippen LogP contribution is 2.29. The number of nitrogen functional groups attached to an aromatic ring is 1. The molecule has 1 aliphatic heterocycles. The van der Waals surface area contributed by atoms with Crippen molar-refractivity contribution < 1.29 is 14.3 Å². The molecule has 2 aromatic heterocycles. The molecule has 0 bridgehead atoms. The van der Waals surface area contributed by atoms with Gasteiger partial charge >= 0.3 is 0 Å². The van der Waals surface area contributed by atoms with E-state index in [0.29, 0.717) is 35.6 Å². The van der Waals surface area contributed by atoms with Crippen molar-refractivity contribution in [1.29, 1.82) is 0 Å². The summed E-state index contributed by atoms with van der Waals surface area (Å²) in [5.74, 6) is 0.857. The zero-order valence-electron chi connectivity index (χ0n) is 17.9. The number of nitrogens with two attached hydrogens (primary N) is 1. The van der Waals surface area contributed by atoms with Crippen molar-refractivity contribution in [3.05, 3.63) is 59.7 Å². The summed E-state index contributed by atoms with van der Waals surface area (Å²) in [5.41, 5.74) is 10.4. The van der Waals surface area contributed by atoms with E-state index in [1.807, 2.05) is 53.1 Å². The summed E-state index contributed by atoms with van der Waals surface area (Å²) >= 11 is 0. The van der Waals surface area contributed by atoms with Gasteiger partial charge in [-0.3, -0.25) is 4.79 Å². The predicted octanol–water partition coefficient (Wildman–Crippen LogP) is 3.13. The molecular formula is C24H25N5O3. The number of hydrogen-bond acceptors (Lipinski definition) is 6. The number of anilines is 1. The molecule has 1 fully saturated rings. The van der Waals surface area contributed by atoms with E-state index < -0.39 is 0 Å². The second-order valence-corrected chi connectivity index (χ2v) is 7.92. The minimum absolute atomic E-state index is 0.0414. The smallest absolute Gasteiger partial charge is 0.257 e. The molecule has 3 heterocycles. The van der Waals surface area contributed by atoms with Crippen LogP contribution >= 0.6 is 0 Å². The third-order valence-electron chi connectivity index (χ3n) is 5.83. The van der Waals surface area contributed by atoms with E-state index >= 15 is 0 Å². The molecule has 2 aromatic carbocycles. The molecule has 32 heavy (non-hydrogen) atoms. The largest absolute Gasteiger partial charge is 0.497 e. The maximum atomic E-state index is 13.2. The lowest BCUT2D eigenvalue weighted by molar-refractivity contribution is 0.0859. The maximum Gasteiger partial charge on any atom is 0.257 e. The van der Waals surface area contributed by atoms with Crippen LogP contribution in [0, 0.1) is 0 Å². The number of nitrogens with zero attached hydrogens (tertiary/aromatic N) is 3. The van der Waals surface area contributed by atoms with Gasteiger partial charge in [0.2, 0.25) is 0 Å². The fourth-order valence-electron chi connectivity index (χ4n) is 4.11. The summed E-state index contributed by atoms with van der Waals surface area (Å²) in [5, 5.41) is 2.97. The first-order valence-electron chi connectivity index (χ1n) is 10.7. The Morgan fingerprint density at radius 2 is 1.94 bits per heavy atom. The molecule has 0 radical (unpaired) electrons. The van der Waals surface area contributed by atoms with Crippen LogP contribution in [-0.2, 0) is 11.3 Å². The van der Waals surface area contributed by atoms with Crippen LogP contribution in [0.3, 0.4) is 0 Å². The minimum Gasteiger partial charge on any atom is -0.497 e. The van der Waals surface area contributed by atoms with Gasteiger partial charge in [-0.2, -0.15) is 0 Å². The molecule has 1 unspecified atom stereocenters. The Labute approximate surface area is 185 Å². The highest BCUT2D eigenvalue weighted by Gasteiger charge is 2.25. The monoisotopic (exact) mass is 431 g/mol. The van der Waals surface area contributed by atoms with Crippen molar-refractivity contribution in [1.82, 2.24) is 19.9 Å². The summed E-state index contributed by atoms with van der Waals surface area (Å²) in [4.78, 5) is 22.7. The SMILES string of the molecule is COc1ccc(Cn2c(N)c(C(=O)NCC3CCCO3)c3nc4ccccc4nc32)cc1. The zero-order valence-corrected chi connectivity index (χ0v) is 17.9. The van der Waals surface area contributed by atoms with E-state index in [2.05, 4.69) is 5.32 Å². The number of para-hydroxylation sites is 2. The Morgan fingerprint density at radius 1 is 1.19 bits per heavy atom. The summed E-state index contributed by atoms with van der Waals surface area (Å²) < 4.78 is 12.7. The number of methoxy groups -OCH3 is 1. The summed E-state index contributed by atoms with van der Waals surface area (Å²) in [7, 11) is 1.63. The molecular weight excluding hydrogens is 406 g/mol. The topological polar surface area (TPSA) is 104 Å². The second-order valence-electron chi connectivity index (χ2n) is 7.92. The number of benzene rings is 2. The van der Waals surface area contributed by atoms with Crippen LogP contribution in [0.1, 0.15) is 28.8 Å². The molecule has 0 aliphatic carbocycles. The Kier molecular flexibility index (Phi) is 5.36. The van der Waals surface area contributed by atoms with Gasteiger partial charge in [-0.05, 0) is 42.7 Å². The van der Waals surface area contributed by atoms with Crippen LogP contribution in [-0.4, -0.2) is 46.8 Å². The quantitative estimate of drug-likeness (QED) is 0.486. The summed E-state index contributed by atoms with van der Waals surface area (Å²) in [6, 6.07) is 15.3. The predicted molar refractivity (Wildman–Crippen MR) is 123 cm³/mol. The van der Waals surface area contributed by atoms with Crippen molar-refractivity contribution in [2.75, 3.05) is 26.0 Å². The Balaban J connectivity index is 1.57. The Hall–Kier alpha value is -3.65. The van der Waals surface area contributed by atoms with Gasteiger partial charge in [0.25, 0.3) is 5.91 Å². The average molecular weight is 431 g/mol. The fraction of sp³-hybridized carbons (Fsp3) is 0.292. The zero-order chi connectivity index (χ0) is 22.1. The van der Waals surface area contributed by atoms with E-state index in [4.69, 9.17) is 25.2 Å². The molecule has 4 aromatic rings. The maximum absolute atomic E-state index is 13.2. The van der Waals surface area contributed by atoms with Crippen molar-refractivity contribution >= 4 is 33.9 Å². The molecule has 0 saturated carbocycles. The second kappa shape index (κ2) is 8.47. The minimum atomic E-state index is -0.263. The number of rotatable bonds is 6. The number of amides is 1. The van der Waals surface area contributed by atoms with Crippen LogP contribution in [0.4, 0.5) is 5.82 Å². The molecule has 5 rings (SSSR count). The van der Waals surface area contributed by atoms with E-state index in [1.54, 1.807) is 7.11 Å². The molecule has 1 aliphatic rings. The summed E-state index contributed by atoms with van der Waals surface area (Å²) in [6.45, 7) is 1.64. The van der Waals surface area contributed by atoms with Crippen LogP contribution in [0.2, 0.25) is 0 Å². The van der Waals surface area contributed by atoms with Crippen molar-refractivity contribution in [2.45, 2.75) is 25.5 Å². The first-order valence-corrected chi connectivity index (χ1v) is 10.7. The van der Waals surface area contributed by atoms with Gasteiger partial charge in [0.15, 0.2) is 5.65 Å². The molecule has 164 valence electrons. The molecule has 3 N–H and O–H groups in total. The van der Waals surface area contributed by atoms with Gasteiger partial charge in [0.05, 0.1) is 30.8 Å². The molecule has 8 nitrogen and oxygen atoms in total. The molecule has 0 spiro atoms. The number of hydrogen-bond donors (Lipinski definition) is 2. The van der Waals surface area contributed by atoms with Crippen molar-refractivity contribution in [3.8, 4) is 5.75 Å².